The van der Waals surface area contributed by atoms with Crippen LogP contribution in [0.5, 0.6) is 0 Å². The molecule has 0 amide bonds. The molecule has 4 aromatic carbocycles. The molecule has 4 rings (SSSR count). The lowest BCUT2D eigenvalue weighted by atomic mass is 10.0. The standard InChI is InChI=1S/C27H22N2O2/c1-5-13-22(14-6-1)26(23-15-7-2-8-16-23)28-30-21-31-29-27(24-17-9-3-10-18-24)25-19-11-4-12-20-25/h1-20H,21H2. The minimum Gasteiger partial charge on any atom is -0.351 e. The zero-order valence-electron chi connectivity index (χ0n) is 17.0. The second-order valence-corrected chi connectivity index (χ2v) is 6.72. The van der Waals surface area contributed by atoms with Gasteiger partial charge in [-0.1, -0.05) is 132 Å². The third-order valence-corrected chi connectivity index (χ3v) is 4.61. The van der Waals surface area contributed by atoms with E-state index < -0.39 is 0 Å². The molecule has 0 saturated carbocycles. The Morgan fingerprint density at radius 2 is 0.677 bits per heavy atom. The Morgan fingerprint density at radius 1 is 0.419 bits per heavy atom. The van der Waals surface area contributed by atoms with Crippen LogP contribution < -0.4 is 0 Å². The van der Waals surface area contributed by atoms with E-state index in [1.165, 1.54) is 0 Å². The Bertz CT molecular complexity index is 951. The Balaban J connectivity index is 1.51. The number of oxime groups is 2. The van der Waals surface area contributed by atoms with Crippen LogP contribution in [0.25, 0.3) is 0 Å². The Kier molecular flexibility index (Phi) is 6.85. The quantitative estimate of drug-likeness (QED) is 0.159. The maximum Gasteiger partial charge on any atom is 0.280 e. The van der Waals surface area contributed by atoms with E-state index in [-0.39, 0.29) is 6.79 Å². The minimum atomic E-state index is -0.105. The van der Waals surface area contributed by atoms with Gasteiger partial charge in [-0.15, -0.1) is 0 Å². The first-order valence-corrected chi connectivity index (χ1v) is 10.0. The van der Waals surface area contributed by atoms with Crippen LogP contribution in [0.15, 0.2) is 132 Å². The number of rotatable bonds is 8. The van der Waals surface area contributed by atoms with Crippen molar-refractivity contribution in [3.8, 4) is 0 Å². The van der Waals surface area contributed by atoms with E-state index >= 15 is 0 Å². The first-order valence-electron chi connectivity index (χ1n) is 10.0. The second-order valence-electron chi connectivity index (χ2n) is 6.72. The number of hydrogen-bond acceptors (Lipinski definition) is 4. The molecule has 0 N–H and O–H groups in total. The van der Waals surface area contributed by atoms with Gasteiger partial charge >= 0.3 is 0 Å². The summed E-state index contributed by atoms with van der Waals surface area (Å²) in [4.78, 5) is 11.0. The molecule has 0 fully saturated rings. The van der Waals surface area contributed by atoms with Gasteiger partial charge in [-0.25, -0.2) is 0 Å². The van der Waals surface area contributed by atoms with E-state index in [0.29, 0.717) is 0 Å². The van der Waals surface area contributed by atoms with E-state index in [9.17, 15) is 0 Å². The summed E-state index contributed by atoms with van der Waals surface area (Å²) >= 11 is 0. The van der Waals surface area contributed by atoms with Crippen LogP contribution in [0.3, 0.4) is 0 Å². The molecule has 0 bridgehead atoms. The van der Waals surface area contributed by atoms with Gasteiger partial charge in [0.15, 0.2) is 0 Å². The summed E-state index contributed by atoms with van der Waals surface area (Å²) in [5, 5.41) is 8.66. The lowest BCUT2D eigenvalue weighted by molar-refractivity contribution is -0.0502. The molecule has 4 aromatic rings. The summed E-state index contributed by atoms with van der Waals surface area (Å²) in [5.41, 5.74) is 5.33. The van der Waals surface area contributed by atoms with Gasteiger partial charge in [0, 0.05) is 22.3 Å². The van der Waals surface area contributed by atoms with Crippen molar-refractivity contribution in [2.75, 3.05) is 6.79 Å². The molecule has 0 saturated heterocycles. The van der Waals surface area contributed by atoms with Crippen LogP contribution in [0.4, 0.5) is 0 Å². The second kappa shape index (κ2) is 10.6. The Morgan fingerprint density at radius 3 is 0.935 bits per heavy atom. The highest BCUT2D eigenvalue weighted by atomic mass is 16.8. The third kappa shape index (κ3) is 5.46. The Labute approximate surface area is 182 Å². The van der Waals surface area contributed by atoms with Gasteiger partial charge < -0.3 is 9.68 Å². The SMILES string of the molecule is c1ccc(C(=NOCON=C(c2ccccc2)c2ccccc2)c2ccccc2)cc1. The number of nitrogens with zero attached hydrogens (tertiary/aromatic N) is 2. The smallest absolute Gasteiger partial charge is 0.280 e. The number of hydrogen-bond donors (Lipinski definition) is 0. The summed E-state index contributed by atoms with van der Waals surface area (Å²) in [6.45, 7) is -0.105. The summed E-state index contributed by atoms with van der Waals surface area (Å²) < 4.78 is 0. The molecule has 4 heteroatoms. The molecular formula is C27H22N2O2. The number of benzene rings is 4. The largest absolute Gasteiger partial charge is 0.351 e. The fourth-order valence-electron chi connectivity index (χ4n) is 3.13. The third-order valence-electron chi connectivity index (χ3n) is 4.61. The highest BCUT2D eigenvalue weighted by Crippen LogP contribution is 2.13. The van der Waals surface area contributed by atoms with E-state index in [4.69, 9.17) is 9.68 Å². The first-order chi connectivity index (χ1) is 15.4. The lowest BCUT2D eigenvalue weighted by Gasteiger charge is -2.08. The monoisotopic (exact) mass is 406 g/mol. The van der Waals surface area contributed by atoms with Gasteiger partial charge in [-0.05, 0) is 0 Å². The molecule has 152 valence electrons. The van der Waals surface area contributed by atoms with Gasteiger partial charge in [-0.2, -0.15) is 0 Å². The predicted octanol–water partition coefficient (Wildman–Crippen LogP) is 5.88. The van der Waals surface area contributed by atoms with Crippen molar-refractivity contribution in [1.82, 2.24) is 0 Å². The zero-order valence-corrected chi connectivity index (χ0v) is 17.0. The molecule has 31 heavy (non-hydrogen) atoms. The summed E-state index contributed by atoms with van der Waals surface area (Å²) in [7, 11) is 0. The van der Waals surface area contributed by atoms with Gasteiger partial charge in [0.05, 0.1) is 0 Å². The van der Waals surface area contributed by atoms with Crippen molar-refractivity contribution in [2.24, 2.45) is 10.3 Å². The van der Waals surface area contributed by atoms with Crippen molar-refractivity contribution < 1.29 is 9.68 Å². The molecular weight excluding hydrogens is 384 g/mol. The normalized spacial score (nSPS) is 10.1. The molecule has 0 atom stereocenters. The fourth-order valence-corrected chi connectivity index (χ4v) is 3.13. The average molecular weight is 406 g/mol. The van der Waals surface area contributed by atoms with Gasteiger partial charge in [0.2, 0.25) is 0 Å². The Hall–Kier alpha value is -4.18. The summed E-state index contributed by atoms with van der Waals surface area (Å²) in [6, 6.07) is 39.6. The average Bonchev–Trinajstić information content (AvgIpc) is 2.86. The molecule has 0 radical (unpaired) electrons. The fraction of sp³-hybridized carbons (Fsp3) is 0.0370. The van der Waals surface area contributed by atoms with Crippen molar-refractivity contribution >= 4 is 11.4 Å². The summed E-state index contributed by atoms with van der Waals surface area (Å²) in [6.07, 6.45) is 0. The molecule has 4 nitrogen and oxygen atoms in total. The first kappa shape index (κ1) is 20.1. The van der Waals surface area contributed by atoms with Crippen LogP contribution in [0, 0.1) is 0 Å². The predicted molar refractivity (Wildman–Crippen MR) is 124 cm³/mol. The topological polar surface area (TPSA) is 43.2 Å². The summed E-state index contributed by atoms with van der Waals surface area (Å²) in [5.74, 6) is 0. The van der Waals surface area contributed by atoms with Crippen LogP contribution >= 0.6 is 0 Å². The highest BCUT2D eigenvalue weighted by Gasteiger charge is 2.08. The van der Waals surface area contributed by atoms with Crippen molar-refractivity contribution in [1.29, 1.82) is 0 Å². The molecule has 0 aromatic heterocycles. The van der Waals surface area contributed by atoms with E-state index in [0.717, 1.165) is 33.7 Å². The van der Waals surface area contributed by atoms with Crippen LogP contribution in [-0.2, 0) is 9.68 Å². The van der Waals surface area contributed by atoms with Crippen molar-refractivity contribution in [3.05, 3.63) is 144 Å². The molecule has 0 aliphatic rings. The van der Waals surface area contributed by atoms with E-state index in [1.54, 1.807) is 0 Å². The maximum absolute atomic E-state index is 5.49. The van der Waals surface area contributed by atoms with Crippen LogP contribution in [0.1, 0.15) is 22.3 Å². The van der Waals surface area contributed by atoms with Crippen molar-refractivity contribution in [3.63, 3.8) is 0 Å². The van der Waals surface area contributed by atoms with Crippen LogP contribution in [-0.4, -0.2) is 18.2 Å². The molecule has 0 unspecified atom stereocenters. The van der Waals surface area contributed by atoms with E-state index in [2.05, 4.69) is 10.3 Å². The lowest BCUT2D eigenvalue weighted by Crippen LogP contribution is -2.07. The molecule has 0 spiro atoms. The van der Waals surface area contributed by atoms with Gasteiger partial charge in [0.25, 0.3) is 6.79 Å². The molecule has 0 heterocycles. The maximum atomic E-state index is 5.49. The van der Waals surface area contributed by atoms with Gasteiger partial charge in [0.1, 0.15) is 11.4 Å². The zero-order chi connectivity index (χ0) is 21.1. The highest BCUT2D eigenvalue weighted by molar-refractivity contribution is 6.13. The molecule has 0 aliphatic heterocycles. The van der Waals surface area contributed by atoms with Crippen molar-refractivity contribution in [2.45, 2.75) is 0 Å². The van der Waals surface area contributed by atoms with E-state index in [1.807, 2.05) is 121 Å². The van der Waals surface area contributed by atoms with Gasteiger partial charge in [-0.3, -0.25) is 0 Å². The minimum absolute atomic E-state index is 0.105. The van der Waals surface area contributed by atoms with Crippen LogP contribution in [0.2, 0.25) is 0 Å². The molecule has 0 aliphatic carbocycles.